The van der Waals surface area contributed by atoms with Gasteiger partial charge in [0.2, 0.25) is 12.7 Å². The first-order valence-electron chi connectivity index (χ1n) is 9.36. The van der Waals surface area contributed by atoms with Crippen LogP contribution in [0.25, 0.3) is 10.2 Å². The standard InChI is InChI=1S/C20H21N3O5S/c1-3-12(2)21-17(24)10-22-14-6-7-29-18(14)19(25)23(20(22)26)9-13-4-5-15-16(8-13)28-11-27-15/h4-8,12H,3,9-11H2,1-2H3,(H,21,24)/t12-/m1/s1. The molecule has 4 rings (SSSR count). The van der Waals surface area contributed by atoms with Crippen molar-refractivity contribution >= 4 is 27.5 Å². The van der Waals surface area contributed by atoms with Crippen LogP contribution in [-0.4, -0.2) is 27.9 Å². The number of carbonyl (C=O) groups is 1. The molecule has 0 saturated heterocycles. The van der Waals surface area contributed by atoms with Gasteiger partial charge in [-0.15, -0.1) is 11.3 Å². The van der Waals surface area contributed by atoms with Gasteiger partial charge in [-0.1, -0.05) is 13.0 Å². The maximum atomic E-state index is 13.1. The largest absolute Gasteiger partial charge is 0.454 e. The van der Waals surface area contributed by atoms with Crippen molar-refractivity contribution in [2.75, 3.05) is 6.79 Å². The van der Waals surface area contributed by atoms with Crippen molar-refractivity contribution < 1.29 is 14.3 Å². The highest BCUT2D eigenvalue weighted by atomic mass is 32.1. The molecule has 2 aromatic heterocycles. The van der Waals surface area contributed by atoms with E-state index in [4.69, 9.17) is 9.47 Å². The molecule has 8 nitrogen and oxygen atoms in total. The van der Waals surface area contributed by atoms with E-state index in [1.165, 1.54) is 15.9 Å². The van der Waals surface area contributed by atoms with Crippen LogP contribution in [0.2, 0.25) is 0 Å². The van der Waals surface area contributed by atoms with Crippen LogP contribution in [0.15, 0.2) is 39.2 Å². The molecule has 3 heterocycles. The monoisotopic (exact) mass is 415 g/mol. The van der Waals surface area contributed by atoms with Gasteiger partial charge in [0.25, 0.3) is 5.56 Å². The van der Waals surface area contributed by atoms with E-state index in [1.807, 2.05) is 13.8 Å². The fraction of sp³-hybridized carbons (Fsp3) is 0.350. The molecule has 1 aromatic carbocycles. The van der Waals surface area contributed by atoms with E-state index in [9.17, 15) is 14.4 Å². The predicted octanol–water partition coefficient (Wildman–Crippen LogP) is 1.92. The minimum atomic E-state index is -0.516. The van der Waals surface area contributed by atoms with Gasteiger partial charge in [0.1, 0.15) is 11.2 Å². The number of ether oxygens (including phenoxy) is 2. The molecule has 9 heteroatoms. The number of rotatable bonds is 6. The second kappa shape index (κ2) is 7.75. The molecule has 1 atom stereocenters. The number of hydrogen-bond donors (Lipinski definition) is 1. The maximum absolute atomic E-state index is 13.1. The molecule has 1 amide bonds. The van der Waals surface area contributed by atoms with Gasteiger partial charge < -0.3 is 14.8 Å². The van der Waals surface area contributed by atoms with Gasteiger partial charge in [-0.25, -0.2) is 4.79 Å². The molecule has 0 spiro atoms. The summed E-state index contributed by atoms with van der Waals surface area (Å²) in [5.74, 6) is 0.956. The molecule has 0 bridgehead atoms. The number of amides is 1. The maximum Gasteiger partial charge on any atom is 0.332 e. The topological polar surface area (TPSA) is 91.6 Å². The second-order valence-corrected chi connectivity index (χ2v) is 7.88. The number of nitrogens with one attached hydrogen (secondary N) is 1. The second-order valence-electron chi connectivity index (χ2n) is 6.96. The Morgan fingerprint density at radius 1 is 1.21 bits per heavy atom. The molecule has 29 heavy (non-hydrogen) atoms. The minimum absolute atomic E-state index is 0.00991. The lowest BCUT2D eigenvalue weighted by Gasteiger charge is -2.15. The summed E-state index contributed by atoms with van der Waals surface area (Å²) in [6, 6.07) is 7.01. The van der Waals surface area contributed by atoms with E-state index in [0.29, 0.717) is 21.7 Å². The summed E-state index contributed by atoms with van der Waals surface area (Å²) < 4.78 is 13.6. The summed E-state index contributed by atoms with van der Waals surface area (Å²) in [6.07, 6.45) is 0.790. The molecule has 0 unspecified atom stereocenters. The lowest BCUT2D eigenvalue weighted by molar-refractivity contribution is -0.122. The SMILES string of the molecule is CC[C@@H](C)NC(=O)Cn1c(=O)n(Cc2ccc3c(c2)OCO3)c(=O)c2sccc21. The quantitative estimate of drug-likeness (QED) is 0.664. The molecule has 0 saturated carbocycles. The number of hydrogen-bond acceptors (Lipinski definition) is 6. The molecule has 0 aliphatic carbocycles. The number of aromatic nitrogens is 2. The van der Waals surface area contributed by atoms with Gasteiger partial charge in [-0.2, -0.15) is 0 Å². The number of carbonyl (C=O) groups excluding carboxylic acids is 1. The Balaban J connectivity index is 1.73. The minimum Gasteiger partial charge on any atom is -0.454 e. The third-order valence-electron chi connectivity index (χ3n) is 4.94. The predicted molar refractivity (Wildman–Crippen MR) is 110 cm³/mol. The fourth-order valence-corrected chi connectivity index (χ4v) is 4.06. The van der Waals surface area contributed by atoms with Gasteiger partial charge in [0.15, 0.2) is 11.5 Å². The number of nitrogens with zero attached hydrogens (tertiary/aromatic N) is 2. The first kappa shape index (κ1) is 19.3. The van der Waals surface area contributed by atoms with Crippen LogP contribution in [-0.2, 0) is 17.9 Å². The Kier molecular flexibility index (Phi) is 5.14. The highest BCUT2D eigenvalue weighted by Gasteiger charge is 2.19. The lowest BCUT2D eigenvalue weighted by atomic mass is 10.2. The molecule has 152 valence electrons. The third kappa shape index (κ3) is 3.65. The van der Waals surface area contributed by atoms with Crippen LogP contribution in [0.1, 0.15) is 25.8 Å². The van der Waals surface area contributed by atoms with Crippen LogP contribution < -0.4 is 26.0 Å². The number of benzene rings is 1. The molecular formula is C20H21N3O5S. The van der Waals surface area contributed by atoms with E-state index in [2.05, 4.69) is 5.32 Å². The van der Waals surface area contributed by atoms with Crippen molar-refractivity contribution in [3.05, 3.63) is 56.0 Å². The zero-order valence-corrected chi connectivity index (χ0v) is 17.0. The van der Waals surface area contributed by atoms with Gasteiger partial charge >= 0.3 is 5.69 Å². The highest BCUT2D eigenvalue weighted by Crippen LogP contribution is 2.32. The average Bonchev–Trinajstić information content (AvgIpc) is 3.37. The molecule has 0 radical (unpaired) electrons. The van der Waals surface area contributed by atoms with E-state index in [1.54, 1.807) is 29.6 Å². The van der Waals surface area contributed by atoms with Crippen molar-refractivity contribution in [3.8, 4) is 11.5 Å². The Labute approximate surface area is 170 Å². The van der Waals surface area contributed by atoms with Gasteiger partial charge in [-0.05, 0) is 42.5 Å². The summed E-state index contributed by atoms with van der Waals surface area (Å²) in [5, 5.41) is 4.61. The van der Waals surface area contributed by atoms with E-state index in [0.717, 1.165) is 16.6 Å². The normalized spacial score (nSPS) is 13.6. The van der Waals surface area contributed by atoms with Crippen molar-refractivity contribution in [3.63, 3.8) is 0 Å². The average molecular weight is 415 g/mol. The summed E-state index contributed by atoms with van der Waals surface area (Å²) in [4.78, 5) is 38.4. The summed E-state index contributed by atoms with van der Waals surface area (Å²) in [6.45, 7) is 3.96. The smallest absolute Gasteiger partial charge is 0.332 e. The van der Waals surface area contributed by atoms with Gasteiger partial charge in [0, 0.05) is 6.04 Å². The molecule has 0 fully saturated rings. The first-order valence-corrected chi connectivity index (χ1v) is 10.2. The van der Waals surface area contributed by atoms with Gasteiger partial charge in [0.05, 0.1) is 12.1 Å². The fourth-order valence-electron chi connectivity index (χ4n) is 3.21. The summed E-state index contributed by atoms with van der Waals surface area (Å²) >= 11 is 1.26. The first-order chi connectivity index (χ1) is 14.0. The zero-order valence-electron chi connectivity index (χ0n) is 16.1. The summed E-state index contributed by atoms with van der Waals surface area (Å²) in [7, 11) is 0. The van der Waals surface area contributed by atoms with Crippen molar-refractivity contribution in [1.29, 1.82) is 0 Å². The highest BCUT2D eigenvalue weighted by molar-refractivity contribution is 7.17. The molecule has 1 aliphatic rings. The van der Waals surface area contributed by atoms with E-state index < -0.39 is 5.69 Å². The number of fused-ring (bicyclic) bond motifs is 2. The summed E-state index contributed by atoms with van der Waals surface area (Å²) in [5.41, 5.74) is 0.334. The Bertz CT molecular complexity index is 1190. The third-order valence-corrected chi connectivity index (χ3v) is 5.83. The van der Waals surface area contributed by atoms with Crippen molar-refractivity contribution in [1.82, 2.24) is 14.5 Å². The van der Waals surface area contributed by atoms with Crippen LogP contribution >= 0.6 is 11.3 Å². The Hall–Kier alpha value is -3.07. The van der Waals surface area contributed by atoms with Gasteiger partial charge in [-0.3, -0.25) is 18.7 Å². The zero-order chi connectivity index (χ0) is 20.5. The number of thiophene rings is 1. The van der Waals surface area contributed by atoms with Crippen LogP contribution in [0, 0.1) is 0 Å². The lowest BCUT2D eigenvalue weighted by Crippen LogP contribution is -2.43. The van der Waals surface area contributed by atoms with E-state index in [-0.39, 0.29) is 37.4 Å². The van der Waals surface area contributed by atoms with Crippen molar-refractivity contribution in [2.24, 2.45) is 0 Å². The van der Waals surface area contributed by atoms with E-state index >= 15 is 0 Å². The van der Waals surface area contributed by atoms with Crippen LogP contribution in [0.3, 0.4) is 0 Å². The molecule has 1 aliphatic heterocycles. The molecular weight excluding hydrogens is 394 g/mol. The Morgan fingerprint density at radius 3 is 2.79 bits per heavy atom. The Morgan fingerprint density at radius 2 is 2.00 bits per heavy atom. The van der Waals surface area contributed by atoms with Crippen molar-refractivity contribution in [2.45, 2.75) is 39.4 Å². The molecule has 1 N–H and O–H groups in total. The van der Waals surface area contributed by atoms with Crippen LogP contribution in [0.5, 0.6) is 11.5 Å². The molecule has 3 aromatic rings. The van der Waals surface area contributed by atoms with Crippen LogP contribution in [0.4, 0.5) is 0 Å².